The third-order valence-electron chi connectivity index (χ3n) is 3.00. The molecule has 0 aromatic heterocycles. The fraction of sp³-hybridized carbons (Fsp3) is 0.0588. The Morgan fingerprint density at radius 3 is 2.55 bits per heavy atom. The Morgan fingerprint density at radius 2 is 1.86 bits per heavy atom. The number of hydrogen-bond donors (Lipinski definition) is 2. The molecule has 0 saturated carbocycles. The fourth-order valence-electron chi connectivity index (χ4n) is 1.91. The molecule has 0 spiro atoms. The molecule has 2 N–H and O–H groups in total. The van der Waals surface area contributed by atoms with Crippen molar-refractivity contribution in [3.8, 4) is 0 Å². The van der Waals surface area contributed by atoms with E-state index in [4.69, 9.17) is 16.7 Å². The summed E-state index contributed by atoms with van der Waals surface area (Å²) in [6, 6.07) is 13.4. The van der Waals surface area contributed by atoms with Crippen molar-refractivity contribution in [2.24, 2.45) is 0 Å². The van der Waals surface area contributed by atoms with Crippen LogP contribution in [0.4, 0.5) is 5.69 Å². The van der Waals surface area contributed by atoms with Gasteiger partial charge in [-0.25, -0.2) is 4.79 Å². The Balaban J connectivity index is 2.20. The summed E-state index contributed by atoms with van der Waals surface area (Å²) in [5.41, 5.74) is 1.55. The average Bonchev–Trinajstić information content (AvgIpc) is 2.47. The van der Waals surface area contributed by atoms with Crippen LogP contribution in [0.3, 0.4) is 0 Å². The Labute approximate surface area is 133 Å². The molecule has 0 atom stereocenters. The lowest BCUT2D eigenvalue weighted by atomic mass is 10.1. The smallest absolute Gasteiger partial charge is 0.337 e. The minimum absolute atomic E-state index is 0.0476. The zero-order valence-corrected chi connectivity index (χ0v) is 12.6. The molecule has 1 amide bonds. The molecule has 5 heteroatoms. The standard InChI is InChI=1S/C17H14ClNO3/c1-11(9-12-5-4-6-13(18)10-12)16(20)19-15-8-3-2-7-14(15)17(21)22/h2-10H,1H3,(H,19,20)(H,21,22). The summed E-state index contributed by atoms with van der Waals surface area (Å²) in [4.78, 5) is 23.3. The highest BCUT2D eigenvalue weighted by Crippen LogP contribution is 2.17. The van der Waals surface area contributed by atoms with Crippen LogP contribution in [0.25, 0.3) is 6.08 Å². The number of nitrogens with one attached hydrogen (secondary N) is 1. The van der Waals surface area contributed by atoms with Gasteiger partial charge in [0.25, 0.3) is 5.91 Å². The summed E-state index contributed by atoms with van der Waals surface area (Å²) in [7, 11) is 0. The van der Waals surface area contributed by atoms with Crippen molar-refractivity contribution >= 4 is 35.2 Å². The van der Waals surface area contributed by atoms with Crippen LogP contribution in [-0.4, -0.2) is 17.0 Å². The van der Waals surface area contributed by atoms with Gasteiger partial charge in [0.05, 0.1) is 11.3 Å². The van der Waals surface area contributed by atoms with E-state index in [1.165, 1.54) is 6.07 Å². The van der Waals surface area contributed by atoms with Gasteiger partial charge in [0.15, 0.2) is 0 Å². The first-order valence-electron chi connectivity index (χ1n) is 6.55. The molecule has 4 nitrogen and oxygen atoms in total. The van der Waals surface area contributed by atoms with Crippen molar-refractivity contribution in [3.63, 3.8) is 0 Å². The lowest BCUT2D eigenvalue weighted by Crippen LogP contribution is -2.15. The maximum Gasteiger partial charge on any atom is 0.337 e. The quantitative estimate of drug-likeness (QED) is 0.835. The first-order chi connectivity index (χ1) is 10.5. The highest BCUT2D eigenvalue weighted by atomic mass is 35.5. The minimum atomic E-state index is -1.09. The van der Waals surface area contributed by atoms with Gasteiger partial charge in [0.2, 0.25) is 0 Å². The van der Waals surface area contributed by atoms with Crippen LogP contribution in [-0.2, 0) is 4.79 Å². The van der Waals surface area contributed by atoms with E-state index in [-0.39, 0.29) is 17.2 Å². The van der Waals surface area contributed by atoms with Crippen molar-refractivity contribution in [2.75, 3.05) is 5.32 Å². The van der Waals surface area contributed by atoms with E-state index in [2.05, 4.69) is 5.32 Å². The van der Waals surface area contributed by atoms with Gasteiger partial charge in [-0.1, -0.05) is 35.9 Å². The number of anilines is 1. The number of para-hydroxylation sites is 1. The zero-order valence-electron chi connectivity index (χ0n) is 11.8. The van der Waals surface area contributed by atoms with E-state index >= 15 is 0 Å². The summed E-state index contributed by atoms with van der Waals surface area (Å²) >= 11 is 5.90. The minimum Gasteiger partial charge on any atom is -0.478 e. The predicted octanol–water partition coefficient (Wildman–Crippen LogP) is 4.08. The van der Waals surface area contributed by atoms with Crippen molar-refractivity contribution in [1.82, 2.24) is 0 Å². The summed E-state index contributed by atoms with van der Waals surface area (Å²) in [6.07, 6.45) is 1.69. The maximum atomic E-state index is 12.2. The van der Waals surface area contributed by atoms with Crippen LogP contribution in [0.5, 0.6) is 0 Å². The van der Waals surface area contributed by atoms with E-state index < -0.39 is 5.97 Å². The number of benzene rings is 2. The van der Waals surface area contributed by atoms with E-state index in [0.29, 0.717) is 10.6 Å². The Hall–Kier alpha value is -2.59. The molecule has 0 aliphatic carbocycles. The van der Waals surface area contributed by atoms with Crippen LogP contribution in [0, 0.1) is 0 Å². The first kappa shape index (κ1) is 15.8. The van der Waals surface area contributed by atoms with Gasteiger partial charge in [-0.3, -0.25) is 4.79 Å². The molecule has 0 heterocycles. The third kappa shape index (κ3) is 3.96. The van der Waals surface area contributed by atoms with Gasteiger partial charge in [0, 0.05) is 10.6 Å². The highest BCUT2D eigenvalue weighted by Gasteiger charge is 2.12. The number of carboxylic acid groups (broad SMARTS) is 1. The largest absolute Gasteiger partial charge is 0.478 e. The summed E-state index contributed by atoms with van der Waals surface area (Å²) < 4.78 is 0. The second-order valence-corrected chi connectivity index (χ2v) is 5.12. The van der Waals surface area contributed by atoms with Crippen molar-refractivity contribution in [2.45, 2.75) is 6.92 Å². The molecule has 0 fully saturated rings. The van der Waals surface area contributed by atoms with E-state index in [9.17, 15) is 9.59 Å². The lowest BCUT2D eigenvalue weighted by molar-refractivity contribution is -0.112. The van der Waals surface area contributed by atoms with Crippen molar-refractivity contribution in [1.29, 1.82) is 0 Å². The van der Waals surface area contributed by atoms with Crippen LogP contribution >= 0.6 is 11.6 Å². The molecule has 22 heavy (non-hydrogen) atoms. The van der Waals surface area contributed by atoms with Crippen LogP contribution in [0.15, 0.2) is 54.1 Å². The normalized spacial score (nSPS) is 11.1. The predicted molar refractivity (Wildman–Crippen MR) is 87.1 cm³/mol. The van der Waals surface area contributed by atoms with Gasteiger partial charge in [-0.15, -0.1) is 0 Å². The van der Waals surface area contributed by atoms with Gasteiger partial charge in [-0.05, 0) is 42.8 Å². The third-order valence-corrected chi connectivity index (χ3v) is 3.23. The SMILES string of the molecule is CC(=Cc1cccc(Cl)c1)C(=O)Nc1ccccc1C(=O)O. The number of carboxylic acids is 1. The number of carbonyl (C=O) groups excluding carboxylic acids is 1. The highest BCUT2D eigenvalue weighted by molar-refractivity contribution is 6.30. The van der Waals surface area contributed by atoms with Gasteiger partial charge < -0.3 is 10.4 Å². The van der Waals surface area contributed by atoms with E-state index in [0.717, 1.165) is 5.56 Å². The van der Waals surface area contributed by atoms with Crippen LogP contribution in [0.2, 0.25) is 5.02 Å². The molecule has 0 saturated heterocycles. The molecular formula is C17H14ClNO3. The number of carbonyl (C=O) groups is 2. The Morgan fingerprint density at radius 1 is 1.14 bits per heavy atom. The van der Waals surface area contributed by atoms with Gasteiger partial charge >= 0.3 is 5.97 Å². The Kier molecular flexibility index (Phi) is 4.96. The molecule has 0 unspecified atom stereocenters. The summed E-state index contributed by atoms with van der Waals surface area (Å²) in [5, 5.41) is 12.3. The molecule has 112 valence electrons. The number of aromatic carboxylic acids is 1. The number of hydrogen-bond acceptors (Lipinski definition) is 2. The first-order valence-corrected chi connectivity index (χ1v) is 6.92. The average molecular weight is 316 g/mol. The van der Waals surface area contributed by atoms with Crippen LogP contribution in [0.1, 0.15) is 22.8 Å². The summed E-state index contributed by atoms with van der Waals surface area (Å²) in [6.45, 7) is 1.65. The summed E-state index contributed by atoms with van der Waals surface area (Å²) in [5.74, 6) is -1.46. The molecule has 0 aliphatic heterocycles. The number of amides is 1. The van der Waals surface area contributed by atoms with E-state index in [1.807, 2.05) is 6.07 Å². The monoisotopic (exact) mass is 315 g/mol. The zero-order chi connectivity index (χ0) is 16.1. The van der Waals surface area contributed by atoms with Crippen molar-refractivity contribution in [3.05, 3.63) is 70.3 Å². The molecular weight excluding hydrogens is 302 g/mol. The fourth-order valence-corrected chi connectivity index (χ4v) is 2.11. The molecule has 2 aromatic carbocycles. The molecule has 2 aromatic rings. The molecule has 2 rings (SSSR count). The molecule has 0 bridgehead atoms. The van der Waals surface area contributed by atoms with Gasteiger partial charge in [-0.2, -0.15) is 0 Å². The second-order valence-electron chi connectivity index (χ2n) is 4.69. The number of halogens is 1. The Bertz CT molecular complexity index is 753. The lowest BCUT2D eigenvalue weighted by Gasteiger charge is -2.08. The topological polar surface area (TPSA) is 66.4 Å². The molecule has 0 radical (unpaired) electrons. The molecule has 0 aliphatic rings. The van der Waals surface area contributed by atoms with Crippen molar-refractivity contribution < 1.29 is 14.7 Å². The van der Waals surface area contributed by atoms with E-state index in [1.54, 1.807) is 49.4 Å². The van der Waals surface area contributed by atoms with Crippen LogP contribution < -0.4 is 5.32 Å². The van der Waals surface area contributed by atoms with Gasteiger partial charge in [0.1, 0.15) is 0 Å². The number of rotatable bonds is 4. The maximum absolute atomic E-state index is 12.2. The second kappa shape index (κ2) is 6.91.